The zero-order chi connectivity index (χ0) is 42.7. The Morgan fingerprint density at radius 1 is 1.00 bits per heavy atom. The van der Waals surface area contributed by atoms with Gasteiger partial charge in [-0.25, -0.2) is 19.4 Å². The second-order valence-electron chi connectivity index (χ2n) is 13.5. The number of amides is 1. The molecule has 0 unspecified atom stereocenters. The number of nitrogens with one attached hydrogen (secondary N) is 1. The standard InChI is InChI=1S/C34H33ClF8N6O8/c1-30(2,3)57-24(51)9-8-23(50)54-12-5-13-55-29(53)56-18-48(31(17-44)10-11-31)28(52)21-14-19(6-7-22(21)35)20-15-47(4)49(16-20)27-25(33(38,39)40)26(45-46-27)32(36,37)34(41,42)43/h6-9,14,16H,5,10-13,15,18H2,1-4H3,(H,45,46)/b9-8+. The number of esters is 2. The third kappa shape index (κ3) is 10.5. The highest BCUT2D eigenvalue weighted by Crippen LogP contribution is 2.50. The number of hydrogen-bond donors (Lipinski definition) is 1. The van der Waals surface area contributed by atoms with E-state index in [4.69, 9.17) is 30.5 Å². The predicted molar refractivity (Wildman–Crippen MR) is 180 cm³/mol. The van der Waals surface area contributed by atoms with Crippen molar-refractivity contribution in [1.29, 1.82) is 5.26 Å². The number of nitriles is 1. The minimum atomic E-state index is -6.38. The maximum absolute atomic E-state index is 14.1. The van der Waals surface area contributed by atoms with E-state index in [1.165, 1.54) is 30.3 Å². The number of hydrazine groups is 1. The number of carbonyl (C=O) groups excluding carboxylic acids is 4. The summed E-state index contributed by atoms with van der Waals surface area (Å²) in [6.07, 6.45) is -10.2. The minimum Gasteiger partial charge on any atom is -0.462 e. The molecule has 0 spiro atoms. The number of hydrogen-bond acceptors (Lipinski definition) is 12. The van der Waals surface area contributed by atoms with Gasteiger partial charge in [0.25, 0.3) is 5.91 Å². The Morgan fingerprint density at radius 2 is 1.63 bits per heavy atom. The van der Waals surface area contributed by atoms with E-state index in [1.807, 2.05) is 6.07 Å². The first-order chi connectivity index (χ1) is 26.3. The number of anilines is 1. The molecule has 2 aromatic rings. The van der Waals surface area contributed by atoms with Gasteiger partial charge in [-0.05, 0) is 56.9 Å². The minimum absolute atomic E-state index is 0.00955. The van der Waals surface area contributed by atoms with Gasteiger partial charge in [-0.3, -0.25) is 19.8 Å². The van der Waals surface area contributed by atoms with Crippen LogP contribution in [0, 0.1) is 11.3 Å². The molecule has 1 saturated carbocycles. The molecular weight excluding hydrogens is 808 g/mol. The Hall–Kier alpha value is -5.43. The number of aromatic amines is 1. The average Bonchev–Trinajstić information content (AvgIpc) is 3.57. The molecule has 1 aromatic heterocycles. The van der Waals surface area contributed by atoms with E-state index in [9.17, 15) is 59.6 Å². The Morgan fingerprint density at radius 3 is 2.21 bits per heavy atom. The summed E-state index contributed by atoms with van der Waals surface area (Å²) in [5.41, 5.74) is -7.00. The number of aromatic nitrogens is 2. The van der Waals surface area contributed by atoms with E-state index in [0.717, 1.165) is 28.3 Å². The summed E-state index contributed by atoms with van der Waals surface area (Å²) in [5.74, 6) is -9.77. The lowest BCUT2D eigenvalue weighted by Gasteiger charge is -2.27. The smallest absolute Gasteiger partial charge is 0.462 e. The number of rotatable bonds is 13. The van der Waals surface area contributed by atoms with Crippen LogP contribution in [0.1, 0.15) is 67.2 Å². The van der Waals surface area contributed by atoms with Gasteiger partial charge in [0.15, 0.2) is 12.5 Å². The van der Waals surface area contributed by atoms with Crippen molar-refractivity contribution >= 4 is 47.0 Å². The van der Waals surface area contributed by atoms with Crippen molar-refractivity contribution in [3.05, 3.63) is 64.0 Å². The van der Waals surface area contributed by atoms with Crippen LogP contribution in [0.2, 0.25) is 5.02 Å². The molecule has 23 heteroatoms. The monoisotopic (exact) mass is 840 g/mol. The number of carbonyl (C=O) groups is 4. The fraction of sp³-hybridized carbons (Fsp3) is 0.471. The Balaban J connectivity index is 1.45. The van der Waals surface area contributed by atoms with Crippen LogP contribution in [0.4, 0.5) is 45.7 Å². The first-order valence-corrected chi connectivity index (χ1v) is 16.9. The van der Waals surface area contributed by atoms with E-state index < -0.39 is 77.2 Å². The molecule has 2 heterocycles. The summed E-state index contributed by atoms with van der Waals surface area (Å²) >= 11 is 6.34. The van der Waals surface area contributed by atoms with Crippen LogP contribution >= 0.6 is 11.6 Å². The van der Waals surface area contributed by atoms with Crippen LogP contribution in [0.25, 0.3) is 5.57 Å². The number of halogens is 9. The van der Waals surface area contributed by atoms with Crippen LogP contribution in [0.15, 0.2) is 36.6 Å². The van der Waals surface area contributed by atoms with Gasteiger partial charge in [-0.2, -0.15) is 45.5 Å². The number of alkyl halides is 8. The molecule has 1 aromatic carbocycles. The molecule has 1 amide bonds. The molecule has 1 fully saturated rings. The largest absolute Gasteiger partial charge is 0.510 e. The fourth-order valence-electron chi connectivity index (χ4n) is 5.17. The van der Waals surface area contributed by atoms with Crippen LogP contribution in [0.3, 0.4) is 0 Å². The molecule has 310 valence electrons. The number of ether oxygens (including phenoxy) is 4. The summed E-state index contributed by atoms with van der Waals surface area (Å²) in [7, 11) is 1.20. The van der Waals surface area contributed by atoms with Gasteiger partial charge in [0.1, 0.15) is 22.4 Å². The SMILES string of the molecule is CN1CC(c2ccc(Cl)c(C(=O)N(COC(=O)OCCCOC(=O)/C=C/C(=O)OC(C)(C)C)C3(C#N)CC3)c2)=CN1c1n[nH]c(C(F)(F)C(F)(F)F)c1C(F)(F)F. The molecule has 0 bridgehead atoms. The quantitative estimate of drug-likeness (QED) is 0.0555. The fourth-order valence-corrected chi connectivity index (χ4v) is 5.37. The normalized spacial score (nSPS) is 15.9. The average molecular weight is 841 g/mol. The number of nitrogens with zero attached hydrogens (tertiary/aromatic N) is 5. The highest BCUT2D eigenvalue weighted by molar-refractivity contribution is 6.34. The first kappa shape index (κ1) is 44.3. The van der Waals surface area contributed by atoms with Gasteiger partial charge in [-0.1, -0.05) is 17.7 Å². The second-order valence-corrected chi connectivity index (χ2v) is 13.9. The van der Waals surface area contributed by atoms with Gasteiger partial charge in [-0.15, -0.1) is 0 Å². The van der Waals surface area contributed by atoms with Gasteiger partial charge < -0.3 is 18.9 Å². The van der Waals surface area contributed by atoms with Crippen LogP contribution in [0.5, 0.6) is 0 Å². The Kier molecular flexibility index (Phi) is 12.9. The number of likely N-dealkylation sites (N-methyl/N-ethyl adjacent to an activating group) is 1. The summed E-state index contributed by atoms with van der Waals surface area (Å²) in [6.45, 7) is 3.36. The molecule has 1 N–H and O–H groups in total. The van der Waals surface area contributed by atoms with E-state index in [2.05, 4.69) is 5.10 Å². The Bertz CT molecular complexity index is 1980. The molecule has 2 aliphatic rings. The zero-order valence-electron chi connectivity index (χ0n) is 30.3. The summed E-state index contributed by atoms with van der Waals surface area (Å²) in [5, 5.41) is 15.7. The molecular formula is C34H33ClF8N6O8. The van der Waals surface area contributed by atoms with Gasteiger partial charge in [0, 0.05) is 38.4 Å². The molecule has 0 saturated heterocycles. The van der Waals surface area contributed by atoms with Crippen molar-refractivity contribution in [3.8, 4) is 6.07 Å². The van der Waals surface area contributed by atoms with Crippen LogP contribution in [-0.2, 0) is 40.6 Å². The lowest BCUT2D eigenvalue weighted by atomic mass is 10.0. The summed E-state index contributed by atoms with van der Waals surface area (Å²) in [6, 6.07) is 5.78. The van der Waals surface area contributed by atoms with E-state index >= 15 is 0 Å². The van der Waals surface area contributed by atoms with Crippen molar-refractivity contribution < 1.29 is 73.2 Å². The van der Waals surface area contributed by atoms with Crippen LogP contribution < -0.4 is 5.01 Å². The Labute approximate surface area is 323 Å². The molecule has 0 atom stereocenters. The van der Waals surface area contributed by atoms with E-state index in [0.29, 0.717) is 5.01 Å². The van der Waals surface area contributed by atoms with E-state index in [-0.39, 0.29) is 60.7 Å². The van der Waals surface area contributed by atoms with Crippen molar-refractivity contribution in [2.75, 3.05) is 38.5 Å². The van der Waals surface area contributed by atoms with Gasteiger partial charge in [0.05, 0.1) is 29.9 Å². The predicted octanol–water partition coefficient (Wildman–Crippen LogP) is 6.88. The third-order valence-electron chi connectivity index (χ3n) is 8.05. The van der Waals surface area contributed by atoms with E-state index in [1.54, 1.807) is 20.8 Å². The lowest BCUT2D eigenvalue weighted by Crippen LogP contribution is -2.43. The zero-order valence-corrected chi connectivity index (χ0v) is 31.1. The molecule has 1 aliphatic heterocycles. The van der Waals surface area contributed by atoms with Crippen molar-refractivity contribution in [3.63, 3.8) is 0 Å². The number of H-pyrrole nitrogens is 1. The maximum atomic E-state index is 14.1. The molecule has 1 aliphatic carbocycles. The maximum Gasteiger partial charge on any atom is 0.510 e. The summed E-state index contributed by atoms with van der Waals surface area (Å²) in [4.78, 5) is 50.5. The lowest BCUT2D eigenvalue weighted by molar-refractivity contribution is -0.292. The molecule has 14 nitrogen and oxygen atoms in total. The topological polar surface area (TPSA) is 167 Å². The van der Waals surface area contributed by atoms with Crippen molar-refractivity contribution in [2.24, 2.45) is 0 Å². The third-order valence-corrected chi connectivity index (χ3v) is 8.38. The summed E-state index contributed by atoms with van der Waals surface area (Å²) < 4.78 is 129. The highest BCUT2D eigenvalue weighted by Gasteiger charge is 2.63. The van der Waals surface area contributed by atoms with Crippen molar-refractivity contribution in [2.45, 2.75) is 69.4 Å². The van der Waals surface area contributed by atoms with Gasteiger partial charge in [0.2, 0.25) is 0 Å². The number of benzene rings is 1. The van der Waals surface area contributed by atoms with Gasteiger partial charge >= 0.3 is 36.4 Å². The molecule has 4 rings (SSSR count). The highest BCUT2D eigenvalue weighted by atomic mass is 35.5. The first-order valence-electron chi connectivity index (χ1n) is 16.5. The van der Waals surface area contributed by atoms with Crippen LogP contribution in [-0.4, -0.2) is 95.0 Å². The molecule has 57 heavy (non-hydrogen) atoms. The molecule has 0 radical (unpaired) electrons. The van der Waals surface area contributed by atoms with Crippen molar-refractivity contribution in [1.82, 2.24) is 20.1 Å². The second kappa shape index (κ2) is 16.6.